The highest BCUT2D eigenvalue weighted by Crippen LogP contribution is 2.36. The Morgan fingerprint density at radius 2 is 1.67 bits per heavy atom. The number of ether oxygens (including phenoxy) is 1. The molecule has 4 aromatic rings. The second kappa shape index (κ2) is 9.91. The molecule has 3 aromatic carbocycles. The summed E-state index contributed by atoms with van der Waals surface area (Å²) in [6, 6.07) is 21.2. The number of hydrogen-bond donors (Lipinski definition) is 3. The summed E-state index contributed by atoms with van der Waals surface area (Å²) in [5.74, 6) is 0.296. The van der Waals surface area contributed by atoms with Crippen LogP contribution in [0.25, 0.3) is 22.1 Å². The minimum Gasteiger partial charge on any atom is -0.508 e. The Bertz CT molecular complexity index is 1280. The van der Waals surface area contributed by atoms with Crippen molar-refractivity contribution in [3.63, 3.8) is 0 Å². The average Bonchev–Trinajstić information content (AvgIpc) is 3.23. The smallest absolute Gasteiger partial charge is 0.287 e. The van der Waals surface area contributed by atoms with E-state index in [1.54, 1.807) is 25.3 Å². The summed E-state index contributed by atoms with van der Waals surface area (Å²) in [6.07, 6.45) is 0.533. The van der Waals surface area contributed by atoms with E-state index in [2.05, 4.69) is 10.6 Å². The number of hydrogen-bond acceptors (Lipinski definition) is 5. The van der Waals surface area contributed by atoms with E-state index in [9.17, 15) is 14.7 Å². The lowest BCUT2D eigenvalue weighted by atomic mass is 10.0. The molecule has 0 fully saturated rings. The standard InChI is InChI=1S/C26H24N2O5/c1-32-20-11-12-21-22(16-20)33-24(23(21)17-7-3-2-4-8-17)26(31)28-14-6-13-27-25(30)18-9-5-10-19(29)15-18/h2-5,7-12,15-16,29H,6,13-14H2,1H3,(H,27,30)(H,28,31). The first-order chi connectivity index (χ1) is 16.1. The second-order valence-corrected chi connectivity index (χ2v) is 7.45. The predicted octanol–water partition coefficient (Wildman–Crippen LogP) is 4.36. The van der Waals surface area contributed by atoms with Crippen LogP contribution in [0.15, 0.2) is 77.2 Å². The molecule has 0 aliphatic heterocycles. The van der Waals surface area contributed by atoms with E-state index in [4.69, 9.17) is 9.15 Å². The van der Waals surface area contributed by atoms with Crippen LogP contribution in [0, 0.1) is 0 Å². The van der Waals surface area contributed by atoms with Crippen molar-refractivity contribution in [1.82, 2.24) is 10.6 Å². The molecule has 4 rings (SSSR count). The van der Waals surface area contributed by atoms with Gasteiger partial charge in [0.1, 0.15) is 17.1 Å². The minimum absolute atomic E-state index is 0.0348. The van der Waals surface area contributed by atoms with Gasteiger partial charge in [-0.05, 0) is 42.3 Å². The quantitative estimate of drug-likeness (QED) is 0.351. The van der Waals surface area contributed by atoms with Crippen molar-refractivity contribution in [3.8, 4) is 22.6 Å². The number of aromatic hydroxyl groups is 1. The van der Waals surface area contributed by atoms with Crippen molar-refractivity contribution in [2.75, 3.05) is 20.2 Å². The molecule has 0 bridgehead atoms. The maximum Gasteiger partial charge on any atom is 0.287 e. The van der Waals surface area contributed by atoms with Gasteiger partial charge in [-0.1, -0.05) is 36.4 Å². The van der Waals surface area contributed by atoms with Crippen LogP contribution in [-0.4, -0.2) is 37.1 Å². The van der Waals surface area contributed by atoms with Crippen LogP contribution in [0.2, 0.25) is 0 Å². The summed E-state index contributed by atoms with van der Waals surface area (Å²) in [5.41, 5.74) is 2.55. The number of fused-ring (bicyclic) bond motifs is 1. The first-order valence-electron chi connectivity index (χ1n) is 10.6. The minimum atomic E-state index is -0.330. The van der Waals surface area contributed by atoms with E-state index in [1.807, 2.05) is 42.5 Å². The van der Waals surface area contributed by atoms with E-state index >= 15 is 0 Å². The molecular weight excluding hydrogens is 420 g/mol. The van der Waals surface area contributed by atoms with Gasteiger partial charge in [-0.2, -0.15) is 0 Å². The molecular formula is C26H24N2O5. The molecule has 168 valence electrons. The van der Waals surface area contributed by atoms with Gasteiger partial charge >= 0.3 is 0 Å². The molecule has 0 spiro atoms. The fourth-order valence-electron chi connectivity index (χ4n) is 3.58. The third-order valence-corrected chi connectivity index (χ3v) is 5.20. The Hall–Kier alpha value is -4.26. The van der Waals surface area contributed by atoms with E-state index in [-0.39, 0.29) is 23.3 Å². The molecule has 2 amide bonds. The van der Waals surface area contributed by atoms with E-state index in [0.29, 0.717) is 36.4 Å². The number of rotatable bonds is 8. The number of amides is 2. The largest absolute Gasteiger partial charge is 0.508 e. The summed E-state index contributed by atoms with van der Waals surface area (Å²) in [4.78, 5) is 25.1. The van der Waals surface area contributed by atoms with E-state index in [1.165, 1.54) is 12.1 Å². The molecule has 7 heteroatoms. The van der Waals surface area contributed by atoms with Crippen molar-refractivity contribution < 1.29 is 23.8 Å². The van der Waals surface area contributed by atoms with Crippen molar-refractivity contribution in [2.45, 2.75) is 6.42 Å². The zero-order chi connectivity index (χ0) is 23.2. The fraction of sp³-hybridized carbons (Fsp3) is 0.154. The summed E-state index contributed by atoms with van der Waals surface area (Å²) >= 11 is 0. The maximum atomic E-state index is 13.0. The third kappa shape index (κ3) is 4.98. The van der Waals surface area contributed by atoms with Crippen LogP contribution in [0.5, 0.6) is 11.5 Å². The van der Waals surface area contributed by atoms with Crippen LogP contribution >= 0.6 is 0 Å². The van der Waals surface area contributed by atoms with Gasteiger partial charge in [0, 0.05) is 35.7 Å². The number of nitrogens with one attached hydrogen (secondary N) is 2. The average molecular weight is 444 g/mol. The highest BCUT2D eigenvalue weighted by atomic mass is 16.5. The van der Waals surface area contributed by atoms with Crippen molar-refractivity contribution in [2.24, 2.45) is 0 Å². The zero-order valence-electron chi connectivity index (χ0n) is 18.1. The number of benzene rings is 3. The lowest BCUT2D eigenvalue weighted by Gasteiger charge is -2.07. The lowest BCUT2D eigenvalue weighted by Crippen LogP contribution is -2.29. The molecule has 7 nitrogen and oxygen atoms in total. The van der Waals surface area contributed by atoms with Crippen LogP contribution < -0.4 is 15.4 Å². The number of methoxy groups -OCH3 is 1. The van der Waals surface area contributed by atoms with Gasteiger partial charge in [0.05, 0.1) is 7.11 Å². The molecule has 0 atom stereocenters. The van der Waals surface area contributed by atoms with Crippen LogP contribution in [0.1, 0.15) is 27.3 Å². The van der Waals surface area contributed by atoms with Gasteiger partial charge in [0.2, 0.25) is 5.76 Å². The topological polar surface area (TPSA) is 101 Å². The second-order valence-electron chi connectivity index (χ2n) is 7.45. The first kappa shape index (κ1) is 22.0. The summed E-state index contributed by atoms with van der Waals surface area (Å²) in [5, 5.41) is 15.9. The molecule has 1 heterocycles. The molecule has 0 saturated heterocycles. The van der Waals surface area contributed by atoms with Gasteiger partial charge in [-0.25, -0.2) is 0 Å². The normalized spacial score (nSPS) is 10.7. The Labute approximate surface area is 191 Å². The number of carbonyl (C=O) groups is 2. The summed E-state index contributed by atoms with van der Waals surface area (Å²) in [7, 11) is 1.58. The van der Waals surface area contributed by atoms with Gasteiger partial charge in [0.25, 0.3) is 11.8 Å². The number of furan rings is 1. The van der Waals surface area contributed by atoms with Gasteiger partial charge in [0.15, 0.2) is 0 Å². The Balaban J connectivity index is 1.43. The SMILES string of the molecule is COc1ccc2c(-c3ccccc3)c(C(=O)NCCCNC(=O)c3cccc(O)c3)oc2c1. The van der Waals surface area contributed by atoms with Crippen LogP contribution in [0.4, 0.5) is 0 Å². The Morgan fingerprint density at radius 3 is 2.39 bits per heavy atom. The highest BCUT2D eigenvalue weighted by Gasteiger charge is 2.22. The molecule has 1 aromatic heterocycles. The lowest BCUT2D eigenvalue weighted by molar-refractivity contribution is 0.0928. The molecule has 0 saturated carbocycles. The molecule has 33 heavy (non-hydrogen) atoms. The molecule has 0 radical (unpaired) electrons. The third-order valence-electron chi connectivity index (χ3n) is 5.20. The number of carbonyl (C=O) groups excluding carboxylic acids is 2. The monoisotopic (exact) mass is 444 g/mol. The van der Waals surface area contributed by atoms with Crippen LogP contribution in [0.3, 0.4) is 0 Å². The molecule has 0 aliphatic rings. The van der Waals surface area contributed by atoms with Crippen molar-refractivity contribution in [1.29, 1.82) is 0 Å². The van der Waals surface area contributed by atoms with Gasteiger partial charge in [-0.3, -0.25) is 9.59 Å². The van der Waals surface area contributed by atoms with E-state index in [0.717, 1.165) is 16.5 Å². The van der Waals surface area contributed by atoms with Gasteiger partial charge in [-0.15, -0.1) is 0 Å². The number of phenols is 1. The summed E-state index contributed by atoms with van der Waals surface area (Å²) < 4.78 is 11.2. The molecule has 0 aliphatic carbocycles. The zero-order valence-corrected chi connectivity index (χ0v) is 18.1. The van der Waals surface area contributed by atoms with E-state index < -0.39 is 0 Å². The Morgan fingerprint density at radius 1 is 0.909 bits per heavy atom. The summed E-state index contributed by atoms with van der Waals surface area (Å²) in [6.45, 7) is 0.728. The Kier molecular flexibility index (Phi) is 6.59. The number of phenolic OH excluding ortho intramolecular Hbond substituents is 1. The van der Waals surface area contributed by atoms with Gasteiger partial charge < -0.3 is 24.9 Å². The predicted molar refractivity (Wildman–Crippen MR) is 126 cm³/mol. The van der Waals surface area contributed by atoms with Crippen LogP contribution in [-0.2, 0) is 0 Å². The fourth-order valence-corrected chi connectivity index (χ4v) is 3.58. The maximum absolute atomic E-state index is 13.0. The van der Waals surface area contributed by atoms with Crippen molar-refractivity contribution >= 4 is 22.8 Å². The molecule has 3 N–H and O–H groups in total. The first-order valence-corrected chi connectivity index (χ1v) is 10.6. The molecule has 0 unspecified atom stereocenters. The van der Waals surface area contributed by atoms with Crippen molar-refractivity contribution in [3.05, 3.63) is 84.1 Å². The highest BCUT2D eigenvalue weighted by molar-refractivity contribution is 6.08.